The quantitative estimate of drug-likeness (QED) is 0.567. The predicted molar refractivity (Wildman–Crippen MR) is 100 cm³/mol. The van der Waals surface area contributed by atoms with Crippen molar-refractivity contribution in [3.8, 4) is 11.5 Å². The lowest BCUT2D eigenvalue weighted by atomic mass is 10.2. The molecule has 1 aromatic carbocycles. The molecular formula is C15H21N3O5S3. The van der Waals surface area contributed by atoms with Gasteiger partial charge in [0.15, 0.2) is 0 Å². The van der Waals surface area contributed by atoms with E-state index in [1.54, 1.807) is 26.0 Å². The number of sulfonamides is 1. The van der Waals surface area contributed by atoms with E-state index in [0.717, 1.165) is 18.0 Å². The highest BCUT2D eigenvalue weighted by Crippen LogP contribution is 2.26. The van der Waals surface area contributed by atoms with Gasteiger partial charge >= 0.3 is 0 Å². The molecule has 2 aromatic rings. The molecule has 8 nitrogen and oxygen atoms in total. The van der Waals surface area contributed by atoms with Crippen molar-refractivity contribution >= 4 is 31.6 Å². The van der Waals surface area contributed by atoms with Crippen molar-refractivity contribution in [2.24, 2.45) is 0 Å². The van der Waals surface area contributed by atoms with E-state index in [2.05, 4.69) is 10.2 Å². The van der Waals surface area contributed by atoms with Crippen LogP contribution in [0.2, 0.25) is 0 Å². The van der Waals surface area contributed by atoms with Gasteiger partial charge in [-0.2, -0.15) is 4.31 Å². The second-order valence-corrected chi connectivity index (χ2v) is 10.7. The van der Waals surface area contributed by atoms with Crippen LogP contribution in [-0.2, 0) is 19.9 Å². The zero-order valence-corrected chi connectivity index (χ0v) is 17.2. The third-order valence-corrected chi connectivity index (χ3v) is 7.58. The molecule has 0 aliphatic heterocycles. The molecular weight excluding hydrogens is 398 g/mol. The molecule has 0 bridgehead atoms. The fourth-order valence-electron chi connectivity index (χ4n) is 2.17. The van der Waals surface area contributed by atoms with Crippen LogP contribution in [0.1, 0.15) is 13.8 Å². The largest absolute Gasteiger partial charge is 0.411 e. The van der Waals surface area contributed by atoms with Crippen molar-refractivity contribution in [3.05, 3.63) is 24.3 Å². The highest BCUT2D eigenvalue weighted by Gasteiger charge is 2.22. The summed E-state index contributed by atoms with van der Waals surface area (Å²) in [6, 6.07) is 6.31. The molecule has 0 saturated carbocycles. The molecule has 144 valence electrons. The van der Waals surface area contributed by atoms with E-state index >= 15 is 0 Å². The van der Waals surface area contributed by atoms with Crippen LogP contribution in [0.3, 0.4) is 0 Å². The molecule has 0 amide bonds. The first-order valence-electron chi connectivity index (χ1n) is 7.92. The minimum absolute atomic E-state index is 0.00692. The molecule has 0 saturated heterocycles. The van der Waals surface area contributed by atoms with Crippen molar-refractivity contribution in [1.82, 2.24) is 14.5 Å². The van der Waals surface area contributed by atoms with Gasteiger partial charge in [0.25, 0.3) is 5.22 Å². The van der Waals surface area contributed by atoms with Gasteiger partial charge in [-0.1, -0.05) is 31.7 Å². The number of benzene rings is 1. The third-order valence-electron chi connectivity index (χ3n) is 3.51. The molecule has 2 rings (SSSR count). The Morgan fingerprint density at radius 3 is 2.42 bits per heavy atom. The summed E-state index contributed by atoms with van der Waals surface area (Å²) in [5, 5.41) is 8.01. The molecule has 26 heavy (non-hydrogen) atoms. The average Bonchev–Trinajstić information content (AvgIpc) is 3.03. The Hall–Kier alpha value is -1.43. The van der Waals surface area contributed by atoms with Crippen molar-refractivity contribution in [1.29, 1.82) is 0 Å². The SMILES string of the molecule is CCN(CC)S(=O)(=O)c1cccc(-c2nnc(SCCS(C)(=O)=O)o2)c1. The van der Waals surface area contributed by atoms with Crippen LogP contribution in [0.25, 0.3) is 11.5 Å². The maximum absolute atomic E-state index is 12.6. The number of thioether (sulfide) groups is 1. The lowest BCUT2D eigenvalue weighted by Gasteiger charge is -2.18. The first kappa shape index (κ1) is 20.9. The zero-order chi connectivity index (χ0) is 19.4. The van der Waals surface area contributed by atoms with Crippen LogP contribution < -0.4 is 0 Å². The van der Waals surface area contributed by atoms with Crippen molar-refractivity contribution < 1.29 is 21.3 Å². The topological polar surface area (TPSA) is 110 Å². The number of aromatic nitrogens is 2. The van der Waals surface area contributed by atoms with E-state index in [9.17, 15) is 16.8 Å². The Balaban J connectivity index is 2.21. The van der Waals surface area contributed by atoms with Gasteiger partial charge in [-0.25, -0.2) is 16.8 Å². The smallest absolute Gasteiger partial charge is 0.276 e. The Morgan fingerprint density at radius 1 is 1.12 bits per heavy atom. The van der Waals surface area contributed by atoms with E-state index in [-0.39, 0.29) is 21.8 Å². The van der Waals surface area contributed by atoms with Gasteiger partial charge in [0, 0.05) is 30.7 Å². The van der Waals surface area contributed by atoms with Crippen LogP contribution in [0.5, 0.6) is 0 Å². The Bertz CT molecular complexity index is 950. The summed E-state index contributed by atoms with van der Waals surface area (Å²) < 4.78 is 54.4. The van der Waals surface area contributed by atoms with Crippen LogP contribution >= 0.6 is 11.8 Å². The monoisotopic (exact) mass is 419 g/mol. The molecule has 0 radical (unpaired) electrons. The minimum atomic E-state index is -3.58. The number of rotatable bonds is 9. The van der Waals surface area contributed by atoms with E-state index in [4.69, 9.17) is 4.42 Å². The number of hydrogen-bond donors (Lipinski definition) is 0. The maximum atomic E-state index is 12.6. The molecule has 1 heterocycles. The summed E-state index contributed by atoms with van der Waals surface area (Å²) in [6.07, 6.45) is 1.16. The first-order valence-corrected chi connectivity index (χ1v) is 12.4. The summed E-state index contributed by atoms with van der Waals surface area (Å²) in [4.78, 5) is 0.156. The third kappa shape index (κ3) is 5.29. The molecule has 11 heteroatoms. The molecule has 0 spiro atoms. The van der Waals surface area contributed by atoms with E-state index < -0.39 is 19.9 Å². The molecule has 0 fully saturated rings. The lowest BCUT2D eigenvalue weighted by Crippen LogP contribution is -2.30. The van der Waals surface area contributed by atoms with Gasteiger partial charge in [0.2, 0.25) is 15.9 Å². The van der Waals surface area contributed by atoms with Gasteiger partial charge in [-0.15, -0.1) is 10.2 Å². The maximum Gasteiger partial charge on any atom is 0.276 e. The summed E-state index contributed by atoms with van der Waals surface area (Å²) in [7, 11) is -6.64. The van der Waals surface area contributed by atoms with Crippen LogP contribution in [0, 0.1) is 0 Å². The Morgan fingerprint density at radius 2 is 1.81 bits per heavy atom. The average molecular weight is 420 g/mol. The summed E-state index contributed by atoms with van der Waals surface area (Å²) in [5.74, 6) is 0.493. The highest BCUT2D eigenvalue weighted by molar-refractivity contribution is 8.00. The summed E-state index contributed by atoms with van der Waals surface area (Å²) >= 11 is 1.14. The van der Waals surface area contributed by atoms with Crippen molar-refractivity contribution in [2.75, 3.05) is 30.9 Å². The van der Waals surface area contributed by atoms with E-state index in [0.29, 0.717) is 24.4 Å². The second-order valence-electron chi connectivity index (χ2n) is 5.47. The molecule has 0 N–H and O–H groups in total. The number of sulfone groups is 1. The molecule has 1 aromatic heterocycles. The second kappa shape index (κ2) is 8.51. The normalized spacial score (nSPS) is 12.6. The predicted octanol–water partition coefficient (Wildman–Crippen LogP) is 1.90. The fourth-order valence-corrected chi connectivity index (χ4v) is 5.63. The van der Waals surface area contributed by atoms with Gasteiger partial charge in [0.05, 0.1) is 10.6 Å². The van der Waals surface area contributed by atoms with Gasteiger partial charge < -0.3 is 4.42 Å². The summed E-state index contributed by atoms with van der Waals surface area (Å²) in [6.45, 7) is 4.32. The van der Waals surface area contributed by atoms with Gasteiger partial charge in [-0.3, -0.25) is 0 Å². The van der Waals surface area contributed by atoms with Crippen molar-refractivity contribution in [2.45, 2.75) is 24.0 Å². The van der Waals surface area contributed by atoms with Crippen LogP contribution in [0.4, 0.5) is 0 Å². The lowest BCUT2D eigenvalue weighted by molar-refractivity contribution is 0.445. The summed E-state index contributed by atoms with van der Waals surface area (Å²) in [5.41, 5.74) is 0.487. The van der Waals surface area contributed by atoms with Gasteiger partial charge in [-0.05, 0) is 18.2 Å². The van der Waals surface area contributed by atoms with E-state index in [1.165, 1.54) is 16.4 Å². The van der Waals surface area contributed by atoms with E-state index in [1.807, 2.05) is 0 Å². The first-order chi connectivity index (χ1) is 12.2. The van der Waals surface area contributed by atoms with Gasteiger partial charge in [0.1, 0.15) is 9.84 Å². The zero-order valence-electron chi connectivity index (χ0n) is 14.7. The number of hydrogen-bond acceptors (Lipinski definition) is 8. The molecule has 0 unspecified atom stereocenters. The highest BCUT2D eigenvalue weighted by atomic mass is 32.2. The van der Waals surface area contributed by atoms with Crippen molar-refractivity contribution in [3.63, 3.8) is 0 Å². The molecule has 0 aliphatic rings. The molecule has 0 atom stereocenters. The Kier molecular flexibility index (Phi) is 6.83. The fraction of sp³-hybridized carbons (Fsp3) is 0.467. The minimum Gasteiger partial charge on any atom is -0.411 e. The Labute approximate surface area is 158 Å². The van der Waals surface area contributed by atoms with Crippen LogP contribution in [-0.4, -0.2) is 62.2 Å². The molecule has 0 aliphatic carbocycles. The standard InChI is InChI=1S/C15H21N3O5S3/c1-4-18(5-2)26(21,22)13-8-6-7-12(11-13)14-16-17-15(23-14)24-9-10-25(3,19)20/h6-8,11H,4-5,9-10H2,1-3H3. The number of nitrogens with zero attached hydrogens (tertiary/aromatic N) is 3. The van der Waals surface area contributed by atoms with Crippen LogP contribution in [0.15, 0.2) is 38.8 Å².